The van der Waals surface area contributed by atoms with Crippen LogP contribution in [0.5, 0.6) is 0 Å². The largest absolute Gasteiger partial charge is 0.405 e. The maximum atomic E-state index is 12.9. The number of fused-ring (bicyclic) bond motifs is 3. The maximum absolute atomic E-state index is 12.9. The Labute approximate surface area is 219 Å². The molecule has 5 nitrogen and oxygen atoms in total. The van der Waals surface area contributed by atoms with E-state index in [-0.39, 0.29) is 0 Å². The van der Waals surface area contributed by atoms with Crippen LogP contribution in [-0.4, -0.2) is 28.2 Å². The number of hydrogen-bond acceptors (Lipinski definition) is 3. The molecule has 0 saturated carbocycles. The van der Waals surface area contributed by atoms with E-state index >= 15 is 0 Å². The number of nitrogens with zero attached hydrogens (tertiary/aromatic N) is 2. The second-order valence-corrected chi connectivity index (χ2v) is 9.48. The Hall–Kier alpha value is -4.07. The lowest BCUT2D eigenvalue weighted by molar-refractivity contribution is -0.138. The number of rotatable bonds is 10. The second-order valence-electron chi connectivity index (χ2n) is 9.48. The highest BCUT2D eigenvalue weighted by atomic mass is 19.4. The van der Waals surface area contributed by atoms with Gasteiger partial charge < -0.3 is 15.2 Å². The van der Waals surface area contributed by atoms with Gasteiger partial charge in [0.2, 0.25) is 11.9 Å². The number of nitrogens with one attached hydrogen (secondary N) is 2. The van der Waals surface area contributed by atoms with Crippen molar-refractivity contribution in [3.05, 3.63) is 107 Å². The van der Waals surface area contributed by atoms with Crippen molar-refractivity contribution in [2.24, 2.45) is 0 Å². The van der Waals surface area contributed by atoms with Crippen LogP contribution in [-0.2, 0) is 24.3 Å². The number of halogens is 3. The maximum Gasteiger partial charge on any atom is 0.405 e. The molecule has 1 aromatic heterocycles. The van der Waals surface area contributed by atoms with E-state index in [0.717, 1.165) is 59.6 Å². The molecule has 1 aliphatic rings. The number of aryl methyl sites for hydroxylation is 2. The van der Waals surface area contributed by atoms with Gasteiger partial charge in [0.1, 0.15) is 6.54 Å². The number of hydrogen-bond donors (Lipinski definition) is 2. The molecule has 0 aliphatic heterocycles. The molecule has 3 aromatic carbocycles. The molecule has 5 rings (SSSR count). The van der Waals surface area contributed by atoms with Crippen LogP contribution in [0.1, 0.15) is 41.0 Å². The van der Waals surface area contributed by atoms with Crippen molar-refractivity contribution in [2.75, 3.05) is 11.9 Å². The number of benzene rings is 3. The minimum atomic E-state index is -4.45. The monoisotopic (exact) mass is 518 g/mol. The first-order chi connectivity index (χ1) is 18.4. The number of alkyl halides is 3. The summed E-state index contributed by atoms with van der Waals surface area (Å²) in [5, 5.41) is 5.47. The average Bonchev–Trinajstić information content (AvgIpc) is 3.51. The molecule has 4 aromatic rings. The quantitative estimate of drug-likeness (QED) is 0.242. The molecule has 2 N–H and O–H groups in total. The molecule has 0 fully saturated rings. The first-order valence-corrected chi connectivity index (χ1v) is 12.8. The summed E-state index contributed by atoms with van der Waals surface area (Å²) in [6.07, 6.45) is 1.95. The van der Waals surface area contributed by atoms with Gasteiger partial charge in [0, 0.05) is 25.5 Å². The zero-order valence-corrected chi connectivity index (χ0v) is 20.8. The third-order valence-corrected chi connectivity index (χ3v) is 6.86. The molecular weight excluding hydrogens is 489 g/mol. The van der Waals surface area contributed by atoms with Crippen molar-refractivity contribution < 1.29 is 18.0 Å². The van der Waals surface area contributed by atoms with Gasteiger partial charge in [-0.1, -0.05) is 72.8 Å². The Morgan fingerprint density at radius 3 is 2.50 bits per heavy atom. The molecule has 0 bridgehead atoms. The lowest BCUT2D eigenvalue weighted by atomic mass is 9.93. The highest BCUT2D eigenvalue weighted by molar-refractivity contribution is 5.97. The van der Waals surface area contributed by atoms with Gasteiger partial charge >= 0.3 is 6.18 Å². The first-order valence-electron chi connectivity index (χ1n) is 12.8. The number of carbonyl (C=O) groups is 1. The Kier molecular flexibility index (Phi) is 7.49. The minimum Gasteiger partial charge on any atom is -0.352 e. The second kappa shape index (κ2) is 11.1. The summed E-state index contributed by atoms with van der Waals surface area (Å²) in [4.78, 5) is 17.3. The van der Waals surface area contributed by atoms with E-state index in [1.165, 1.54) is 5.56 Å². The highest BCUT2D eigenvalue weighted by Gasteiger charge is 2.36. The number of anilines is 1. The SMILES string of the molecule is O=C(NCC(F)(F)F)C1c2ccccc2-c2c(CCCCn3ccnc3NCc3ccccc3)cccc21. The molecule has 0 radical (unpaired) electrons. The summed E-state index contributed by atoms with van der Waals surface area (Å²) in [6, 6.07) is 23.5. The topological polar surface area (TPSA) is 59.0 Å². The molecule has 1 aliphatic carbocycles. The number of unbranched alkanes of at least 4 members (excludes halogenated alkanes) is 1. The molecule has 196 valence electrons. The van der Waals surface area contributed by atoms with Crippen LogP contribution in [0.4, 0.5) is 19.1 Å². The van der Waals surface area contributed by atoms with Gasteiger partial charge in [-0.05, 0) is 52.6 Å². The number of imidazole rings is 1. The van der Waals surface area contributed by atoms with Crippen molar-refractivity contribution in [1.29, 1.82) is 0 Å². The van der Waals surface area contributed by atoms with Crippen LogP contribution >= 0.6 is 0 Å². The van der Waals surface area contributed by atoms with E-state index in [9.17, 15) is 18.0 Å². The highest BCUT2D eigenvalue weighted by Crippen LogP contribution is 2.46. The molecule has 0 spiro atoms. The third-order valence-electron chi connectivity index (χ3n) is 6.86. The van der Waals surface area contributed by atoms with Crippen LogP contribution in [0.25, 0.3) is 11.1 Å². The van der Waals surface area contributed by atoms with Crippen LogP contribution in [0, 0.1) is 0 Å². The van der Waals surface area contributed by atoms with Crippen LogP contribution in [0.3, 0.4) is 0 Å². The van der Waals surface area contributed by atoms with Crippen molar-refractivity contribution in [1.82, 2.24) is 14.9 Å². The van der Waals surface area contributed by atoms with Crippen LogP contribution in [0.15, 0.2) is 85.2 Å². The fraction of sp³-hybridized carbons (Fsp3) is 0.267. The van der Waals surface area contributed by atoms with Gasteiger partial charge in [-0.3, -0.25) is 4.79 Å². The summed E-state index contributed by atoms with van der Waals surface area (Å²) >= 11 is 0. The lowest BCUT2D eigenvalue weighted by Crippen LogP contribution is -2.36. The van der Waals surface area contributed by atoms with Gasteiger partial charge in [0.25, 0.3) is 0 Å². The van der Waals surface area contributed by atoms with E-state index in [4.69, 9.17) is 0 Å². The Bertz CT molecular complexity index is 1400. The van der Waals surface area contributed by atoms with Crippen molar-refractivity contribution in [3.63, 3.8) is 0 Å². The van der Waals surface area contributed by atoms with Gasteiger partial charge in [0.15, 0.2) is 0 Å². The van der Waals surface area contributed by atoms with Gasteiger partial charge in [0.05, 0.1) is 5.92 Å². The third kappa shape index (κ3) is 5.74. The van der Waals surface area contributed by atoms with E-state index < -0.39 is 24.5 Å². The number of carbonyl (C=O) groups excluding carboxylic acids is 1. The number of amides is 1. The van der Waals surface area contributed by atoms with E-state index in [2.05, 4.69) is 38.4 Å². The fourth-order valence-corrected chi connectivity index (χ4v) is 5.14. The molecule has 1 heterocycles. The Morgan fingerprint density at radius 2 is 1.68 bits per heavy atom. The van der Waals surface area contributed by atoms with Gasteiger partial charge in [-0.2, -0.15) is 13.2 Å². The predicted molar refractivity (Wildman–Crippen MR) is 142 cm³/mol. The smallest absolute Gasteiger partial charge is 0.352 e. The van der Waals surface area contributed by atoms with Crippen LogP contribution in [0.2, 0.25) is 0 Å². The number of aromatic nitrogens is 2. The average molecular weight is 519 g/mol. The summed E-state index contributed by atoms with van der Waals surface area (Å²) in [5.41, 5.74) is 5.71. The molecule has 38 heavy (non-hydrogen) atoms. The summed E-state index contributed by atoms with van der Waals surface area (Å²) in [5.74, 6) is -0.537. The van der Waals surface area contributed by atoms with E-state index in [0.29, 0.717) is 6.54 Å². The van der Waals surface area contributed by atoms with Crippen molar-refractivity contribution in [2.45, 2.75) is 44.4 Å². The molecule has 0 saturated heterocycles. The first kappa shape index (κ1) is 25.6. The van der Waals surface area contributed by atoms with Gasteiger partial charge in [-0.15, -0.1) is 0 Å². The van der Waals surface area contributed by atoms with Gasteiger partial charge in [-0.25, -0.2) is 4.98 Å². The molecular formula is C30H29F3N4O. The van der Waals surface area contributed by atoms with E-state index in [1.807, 2.05) is 60.8 Å². The molecule has 1 amide bonds. The summed E-state index contributed by atoms with van der Waals surface area (Å²) < 4.78 is 40.4. The Morgan fingerprint density at radius 1 is 0.921 bits per heavy atom. The Balaban J connectivity index is 1.25. The zero-order valence-electron chi connectivity index (χ0n) is 20.8. The summed E-state index contributed by atoms with van der Waals surface area (Å²) in [7, 11) is 0. The lowest BCUT2D eigenvalue weighted by Gasteiger charge is -2.15. The molecule has 8 heteroatoms. The minimum absolute atomic E-state index is 0.624. The predicted octanol–water partition coefficient (Wildman–Crippen LogP) is 6.31. The fourth-order valence-electron chi connectivity index (χ4n) is 5.14. The van der Waals surface area contributed by atoms with Crippen molar-refractivity contribution >= 4 is 11.9 Å². The van der Waals surface area contributed by atoms with Crippen LogP contribution < -0.4 is 10.6 Å². The zero-order chi connectivity index (χ0) is 26.5. The van der Waals surface area contributed by atoms with Crippen molar-refractivity contribution in [3.8, 4) is 11.1 Å². The molecule has 1 atom stereocenters. The van der Waals surface area contributed by atoms with E-state index in [1.54, 1.807) is 6.20 Å². The molecule has 1 unspecified atom stereocenters. The normalized spacial score (nSPS) is 14.1. The summed E-state index contributed by atoms with van der Waals surface area (Å²) in [6.45, 7) is 0.173. The standard InChI is InChI=1S/C30H29F3N4O/c31-30(32,33)20-36-28(38)27-24-14-5-4-13-23(24)26-22(12-8-15-25(26)27)11-6-7-17-37-18-16-34-29(37)35-19-21-9-2-1-3-10-21/h1-5,8-10,12-16,18,27H,6-7,11,17,19-20H2,(H,34,35)(H,36,38).